The molecule has 0 radical (unpaired) electrons. The molecule has 0 spiro atoms. The molecule has 0 aliphatic rings. The maximum Gasteiger partial charge on any atom is 0.305 e. The fourth-order valence-electron chi connectivity index (χ4n) is 0.439. The Morgan fingerprint density at radius 3 is 2.42 bits per heavy atom. The van der Waals surface area contributed by atoms with Crippen LogP contribution in [0.2, 0.25) is 0 Å². The van der Waals surface area contributed by atoms with Crippen LogP contribution in [-0.4, -0.2) is 46.7 Å². The van der Waals surface area contributed by atoms with Gasteiger partial charge in [-0.25, -0.2) is 4.84 Å². The lowest BCUT2D eigenvalue weighted by Gasteiger charge is -2.05. The lowest BCUT2D eigenvalue weighted by molar-refractivity contribution is -0.493. The Bertz CT molecular complexity index is 127. The highest BCUT2D eigenvalue weighted by molar-refractivity contribution is 5.66. The van der Waals surface area contributed by atoms with Gasteiger partial charge < -0.3 is 9.84 Å². The molecule has 7 heteroatoms. The number of ether oxygens (including phenoxy) is 1. The quantitative estimate of drug-likeness (QED) is 0.359. The van der Waals surface area contributed by atoms with Gasteiger partial charge >= 0.3 is 5.97 Å². The molecule has 0 aliphatic heterocycles. The average Bonchev–Trinajstić information content (AvgIpc) is 1.95. The zero-order chi connectivity index (χ0) is 9.40. The summed E-state index contributed by atoms with van der Waals surface area (Å²) in [5, 5.41) is 23.8. The molecule has 12 heavy (non-hydrogen) atoms. The van der Waals surface area contributed by atoms with Crippen molar-refractivity contribution in [1.29, 1.82) is 0 Å². The zero-order valence-corrected chi connectivity index (χ0v) is 6.34. The number of carboxylic acids is 1. The van der Waals surface area contributed by atoms with Crippen LogP contribution in [0.1, 0.15) is 6.42 Å². The van der Waals surface area contributed by atoms with E-state index in [1.54, 1.807) is 0 Å². The lowest BCUT2D eigenvalue weighted by Crippen LogP contribution is -2.18. The number of rotatable bonds is 7. The molecule has 0 aromatic rings. The van der Waals surface area contributed by atoms with E-state index >= 15 is 0 Å². The van der Waals surface area contributed by atoms with Crippen molar-refractivity contribution in [3.05, 3.63) is 0 Å². The summed E-state index contributed by atoms with van der Waals surface area (Å²) >= 11 is 0. The van der Waals surface area contributed by atoms with Gasteiger partial charge in [-0.15, -0.1) is 0 Å². The number of hydrogen-bond donors (Lipinski definition) is 3. The predicted octanol–water partition coefficient (Wildman–Crippen LogP) is -0.510. The summed E-state index contributed by atoms with van der Waals surface area (Å²) in [6, 6.07) is 0. The molecule has 0 saturated heterocycles. The highest BCUT2D eigenvalue weighted by atomic mass is 17.1. The summed E-state index contributed by atoms with van der Waals surface area (Å²) in [6.07, 6.45) is -0.0814. The van der Waals surface area contributed by atoms with E-state index in [0.29, 0.717) is 0 Å². The van der Waals surface area contributed by atoms with Crippen molar-refractivity contribution < 1.29 is 29.9 Å². The molecule has 0 bridgehead atoms. The molecule has 0 saturated carbocycles. The van der Waals surface area contributed by atoms with Gasteiger partial charge in [-0.05, 0) is 0 Å². The second-order valence-corrected chi connectivity index (χ2v) is 1.84. The summed E-state index contributed by atoms with van der Waals surface area (Å²) in [4.78, 5) is 14.1. The first-order valence-electron chi connectivity index (χ1n) is 3.23. The average molecular weight is 181 g/mol. The number of aliphatic carboxylic acids is 1. The molecule has 0 aromatic heterocycles. The van der Waals surface area contributed by atoms with E-state index in [1.807, 2.05) is 0 Å². The first kappa shape index (κ1) is 11.3. The van der Waals surface area contributed by atoms with E-state index in [1.165, 1.54) is 0 Å². The highest BCUT2D eigenvalue weighted by Gasteiger charge is 1.97. The topological polar surface area (TPSA) is 99.5 Å². The summed E-state index contributed by atoms with van der Waals surface area (Å²) in [5.41, 5.74) is 0. The van der Waals surface area contributed by atoms with Crippen molar-refractivity contribution in [1.82, 2.24) is 5.39 Å². The van der Waals surface area contributed by atoms with Gasteiger partial charge in [0.1, 0.15) is 0 Å². The van der Waals surface area contributed by atoms with E-state index in [2.05, 4.69) is 4.84 Å². The predicted molar refractivity (Wildman–Crippen MR) is 34.4 cm³/mol. The van der Waals surface area contributed by atoms with Crippen molar-refractivity contribution in [3.8, 4) is 0 Å². The van der Waals surface area contributed by atoms with Crippen LogP contribution >= 0.6 is 0 Å². The Balaban J connectivity index is 2.96. The van der Waals surface area contributed by atoms with E-state index < -0.39 is 11.4 Å². The van der Waals surface area contributed by atoms with Crippen molar-refractivity contribution >= 4 is 5.97 Å². The van der Waals surface area contributed by atoms with Crippen LogP contribution in [0.4, 0.5) is 0 Å². The second-order valence-electron chi connectivity index (χ2n) is 1.84. The van der Waals surface area contributed by atoms with Crippen LogP contribution in [0, 0.1) is 0 Å². The van der Waals surface area contributed by atoms with Gasteiger partial charge in [0.25, 0.3) is 0 Å². The lowest BCUT2D eigenvalue weighted by atomic mass is 10.5. The maximum atomic E-state index is 9.94. The van der Waals surface area contributed by atoms with Crippen LogP contribution in [0.15, 0.2) is 0 Å². The Morgan fingerprint density at radius 1 is 1.25 bits per heavy atom. The molecule has 0 aromatic carbocycles. The van der Waals surface area contributed by atoms with Crippen LogP contribution in [0.25, 0.3) is 0 Å². The van der Waals surface area contributed by atoms with E-state index in [0.717, 1.165) is 0 Å². The van der Waals surface area contributed by atoms with Crippen molar-refractivity contribution in [3.63, 3.8) is 0 Å². The number of carbonyl (C=O) groups is 1. The highest BCUT2D eigenvalue weighted by Crippen LogP contribution is 1.84. The summed E-state index contributed by atoms with van der Waals surface area (Å²) < 4.78 is 4.74. The first-order valence-corrected chi connectivity index (χ1v) is 3.23. The SMILES string of the molecule is O=C(O)CCOCCON(O)O. The van der Waals surface area contributed by atoms with Crippen LogP contribution < -0.4 is 0 Å². The Labute approximate surface area is 68.6 Å². The molecular weight excluding hydrogens is 170 g/mol. The van der Waals surface area contributed by atoms with Crippen LogP contribution in [-0.2, 0) is 14.4 Å². The Morgan fingerprint density at radius 2 is 1.92 bits per heavy atom. The molecule has 0 rings (SSSR count). The van der Waals surface area contributed by atoms with Gasteiger partial charge in [-0.1, -0.05) is 0 Å². The molecule has 0 amide bonds. The van der Waals surface area contributed by atoms with Crippen molar-refractivity contribution in [2.24, 2.45) is 0 Å². The van der Waals surface area contributed by atoms with E-state index in [9.17, 15) is 4.79 Å². The molecule has 0 unspecified atom stereocenters. The fraction of sp³-hybridized carbons (Fsp3) is 0.800. The molecular formula is C5H11NO6. The molecule has 0 fully saturated rings. The third-order valence-corrected chi connectivity index (χ3v) is 0.895. The van der Waals surface area contributed by atoms with Crippen LogP contribution in [0.5, 0.6) is 0 Å². The zero-order valence-electron chi connectivity index (χ0n) is 6.34. The van der Waals surface area contributed by atoms with Gasteiger partial charge in [-0.3, -0.25) is 15.2 Å². The monoisotopic (exact) mass is 181 g/mol. The van der Waals surface area contributed by atoms with E-state index in [4.69, 9.17) is 20.3 Å². The maximum absolute atomic E-state index is 9.94. The normalized spacial score (nSPS) is 10.6. The number of carboxylic acid groups (broad SMARTS) is 1. The third-order valence-electron chi connectivity index (χ3n) is 0.895. The summed E-state index contributed by atoms with van der Waals surface area (Å²) in [7, 11) is 0. The minimum absolute atomic E-state index is 0.0490. The fourth-order valence-corrected chi connectivity index (χ4v) is 0.439. The Kier molecular flexibility index (Phi) is 6.53. The first-order chi connectivity index (χ1) is 5.63. The van der Waals surface area contributed by atoms with Gasteiger partial charge in [0.15, 0.2) is 0 Å². The third kappa shape index (κ3) is 9.27. The minimum atomic E-state index is -0.943. The van der Waals surface area contributed by atoms with Crippen molar-refractivity contribution in [2.75, 3.05) is 19.8 Å². The molecule has 3 N–H and O–H groups in total. The number of hydrogen-bond acceptors (Lipinski definition) is 6. The smallest absolute Gasteiger partial charge is 0.305 e. The summed E-state index contributed by atoms with van der Waals surface area (Å²) in [5.74, 6) is -0.943. The molecule has 0 atom stereocenters. The van der Waals surface area contributed by atoms with Gasteiger partial charge in [0.2, 0.25) is 0 Å². The van der Waals surface area contributed by atoms with Crippen molar-refractivity contribution in [2.45, 2.75) is 6.42 Å². The summed E-state index contributed by atoms with van der Waals surface area (Å²) in [6.45, 7) is 0.132. The minimum Gasteiger partial charge on any atom is -0.481 e. The van der Waals surface area contributed by atoms with Crippen LogP contribution in [0.3, 0.4) is 0 Å². The van der Waals surface area contributed by atoms with Gasteiger partial charge in [0.05, 0.1) is 31.6 Å². The Hall–Kier alpha value is -0.730. The number of nitrogens with zero attached hydrogens (tertiary/aromatic N) is 1. The van der Waals surface area contributed by atoms with Gasteiger partial charge in [0, 0.05) is 0 Å². The molecule has 72 valence electrons. The van der Waals surface area contributed by atoms with E-state index in [-0.39, 0.29) is 26.2 Å². The largest absolute Gasteiger partial charge is 0.481 e. The van der Waals surface area contributed by atoms with Gasteiger partial charge in [-0.2, -0.15) is 0 Å². The second kappa shape index (κ2) is 6.95. The molecule has 0 aliphatic carbocycles. The standard InChI is InChI=1S/C5H11NO6/c7-5(8)1-2-11-3-4-12-6(9)10/h9-10H,1-4H2,(H,7,8). The molecule has 7 nitrogen and oxygen atoms in total. The molecule has 0 heterocycles.